The van der Waals surface area contributed by atoms with Crippen molar-refractivity contribution >= 4 is 10.0 Å². The van der Waals surface area contributed by atoms with E-state index in [0.29, 0.717) is 19.0 Å². The highest BCUT2D eigenvalue weighted by molar-refractivity contribution is 7.89. The predicted molar refractivity (Wildman–Crippen MR) is 59.6 cm³/mol. The number of hydrogen-bond donors (Lipinski definition) is 2. The van der Waals surface area contributed by atoms with Crippen molar-refractivity contribution in [1.29, 1.82) is 0 Å². The zero-order chi connectivity index (χ0) is 12.0. The minimum absolute atomic E-state index is 0.104. The van der Waals surface area contributed by atoms with Gasteiger partial charge in [-0.1, -0.05) is 0 Å². The molecule has 7 heteroatoms. The zero-order valence-corrected chi connectivity index (χ0v) is 10.1. The number of rotatable bonds is 2. The molecule has 1 aliphatic carbocycles. The summed E-state index contributed by atoms with van der Waals surface area (Å²) in [6, 6.07) is 0. The maximum atomic E-state index is 12.2. The third-order valence-electron chi connectivity index (χ3n) is 3.88. The van der Waals surface area contributed by atoms with Crippen molar-refractivity contribution in [2.24, 2.45) is 11.8 Å². The largest absolute Gasteiger partial charge is 0.393 e. The van der Waals surface area contributed by atoms with Gasteiger partial charge >= 0.3 is 0 Å². The molecule has 0 radical (unpaired) electrons. The molecule has 1 aliphatic heterocycles. The summed E-state index contributed by atoms with van der Waals surface area (Å²) < 4.78 is 25.9. The molecule has 0 aromatic carbocycles. The molecule has 2 heterocycles. The van der Waals surface area contributed by atoms with E-state index in [1.165, 1.54) is 16.8 Å². The van der Waals surface area contributed by atoms with Crippen LogP contribution in [0.25, 0.3) is 0 Å². The third-order valence-corrected chi connectivity index (χ3v) is 5.63. The molecule has 6 nitrogen and oxygen atoms in total. The fourth-order valence-corrected chi connectivity index (χ4v) is 4.35. The molecule has 1 saturated carbocycles. The van der Waals surface area contributed by atoms with Crippen molar-refractivity contribution in [2.45, 2.75) is 24.0 Å². The van der Waals surface area contributed by atoms with Crippen LogP contribution in [0.1, 0.15) is 12.8 Å². The minimum Gasteiger partial charge on any atom is -0.393 e. The van der Waals surface area contributed by atoms with Gasteiger partial charge in [-0.2, -0.15) is 4.31 Å². The molecule has 1 saturated heterocycles. The lowest BCUT2D eigenvalue weighted by Gasteiger charge is -2.16. The Labute approximate surface area is 99.7 Å². The Balaban J connectivity index is 1.84. The Morgan fingerprint density at radius 3 is 2.88 bits per heavy atom. The van der Waals surface area contributed by atoms with Gasteiger partial charge in [0.05, 0.1) is 18.6 Å². The number of hydrogen-bond acceptors (Lipinski definition) is 4. The van der Waals surface area contributed by atoms with Crippen LogP contribution in [0, 0.1) is 11.8 Å². The molecule has 1 aromatic rings. The molecular weight excluding hydrogens is 242 g/mol. The van der Waals surface area contributed by atoms with Gasteiger partial charge < -0.3 is 10.1 Å². The van der Waals surface area contributed by atoms with Crippen molar-refractivity contribution in [3.8, 4) is 0 Å². The van der Waals surface area contributed by atoms with E-state index in [-0.39, 0.29) is 17.0 Å². The minimum atomic E-state index is -3.46. The topological polar surface area (TPSA) is 86.3 Å². The first-order valence-electron chi connectivity index (χ1n) is 5.75. The van der Waals surface area contributed by atoms with Crippen molar-refractivity contribution in [1.82, 2.24) is 14.3 Å². The first kappa shape index (κ1) is 11.2. The van der Waals surface area contributed by atoms with E-state index < -0.39 is 10.0 Å². The molecule has 2 aliphatic rings. The molecule has 0 spiro atoms. The van der Waals surface area contributed by atoms with Crippen LogP contribution in [0.2, 0.25) is 0 Å². The normalized spacial score (nSPS) is 34.1. The molecule has 1 aromatic heterocycles. The highest BCUT2D eigenvalue weighted by atomic mass is 32.2. The highest BCUT2D eigenvalue weighted by Gasteiger charge is 2.45. The second-order valence-corrected chi connectivity index (χ2v) is 6.71. The van der Waals surface area contributed by atoms with Gasteiger partial charge in [0.15, 0.2) is 5.03 Å². The van der Waals surface area contributed by atoms with Gasteiger partial charge in [-0.05, 0) is 18.8 Å². The number of aliphatic hydroxyl groups excluding tert-OH is 1. The molecule has 0 amide bonds. The average Bonchev–Trinajstić information content (AvgIpc) is 2.96. The summed E-state index contributed by atoms with van der Waals surface area (Å²) >= 11 is 0. The van der Waals surface area contributed by atoms with Crippen molar-refractivity contribution in [2.75, 3.05) is 13.1 Å². The van der Waals surface area contributed by atoms with E-state index in [1.807, 2.05) is 0 Å². The molecule has 2 N–H and O–H groups in total. The van der Waals surface area contributed by atoms with E-state index in [9.17, 15) is 13.5 Å². The number of aliphatic hydroxyl groups is 1. The van der Waals surface area contributed by atoms with E-state index in [0.717, 1.165) is 12.8 Å². The Morgan fingerprint density at radius 2 is 2.24 bits per heavy atom. The summed E-state index contributed by atoms with van der Waals surface area (Å²) in [5.74, 6) is 0.412. The van der Waals surface area contributed by atoms with Gasteiger partial charge in [0.1, 0.15) is 0 Å². The zero-order valence-electron chi connectivity index (χ0n) is 9.28. The molecular formula is C10H15N3O3S. The van der Waals surface area contributed by atoms with Crippen LogP contribution in [0.4, 0.5) is 0 Å². The van der Waals surface area contributed by atoms with E-state index in [2.05, 4.69) is 9.97 Å². The van der Waals surface area contributed by atoms with E-state index in [1.54, 1.807) is 0 Å². The SMILES string of the molecule is O=S(=O)(c1cnc[nH]1)N1CC2CCC(O)C2C1. The number of aromatic nitrogens is 2. The standard InChI is InChI=1S/C10H15N3O3S/c14-9-2-1-7-4-13(5-8(7)9)17(15,16)10-3-11-6-12-10/h3,6-9,14H,1-2,4-5H2,(H,11,12). The van der Waals surface area contributed by atoms with Crippen LogP contribution in [0.15, 0.2) is 17.6 Å². The van der Waals surface area contributed by atoms with Crippen LogP contribution in [-0.4, -0.2) is 47.0 Å². The Morgan fingerprint density at radius 1 is 1.41 bits per heavy atom. The quantitative estimate of drug-likeness (QED) is 0.768. The maximum Gasteiger partial charge on any atom is 0.260 e. The van der Waals surface area contributed by atoms with Gasteiger partial charge in [-0.25, -0.2) is 13.4 Å². The lowest BCUT2D eigenvalue weighted by atomic mass is 10.00. The summed E-state index contributed by atoms with van der Waals surface area (Å²) in [6.45, 7) is 0.941. The Bertz CT molecular complexity index is 499. The van der Waals surface area contributed by atoms with Gasteiger partial charge in [-0.3, -0.25) is 0 Å². The first-order valence-corrected chi connectivity index (χ1v) is 7.19. The summed E-state index contributed by atoms with van der Waals surface area (Å²) in [5.41, 5.74) is 0. The predicted octanol–water partition coefficient (Wildman–Crippen LogP) is -0.199. The van der Waals surface area contributed by atoms with Crippen LogP contribution in [0.5, 0.6) is 0 Å². The van der Waals surface area contributed by atoms with Crippen molar-refractivity contribution in [3.05, 3.63) is 12.5 Å². The lowest BCUT2D eigenvalue weighted by Crippen LogP contribution is -2.31. The molecule has 2 fully saturated rings. The summed E-state index contributed by atoms with van der Waals surface area (Å²) in [5, 5.41) is 9.90. The van der Waals surface area contributed by atoms with Crippen LogP contribution >= 0.6 is 0 Å². The van der Waals surface area contributed by atoms with Crippen LogP contribution in [0.3, 0.4) is 0 Å². The fraction of sp³-hybridized carbons (Fsp3) is 0.700. The molecule has 0 bridgehead atoms. The van der Waals surface area contributed by atoms with Gasteiger partial charge in [0.2, 0.25) is 0 Å². The second-order valence-electron chi connectivity index (χ2n) is 4.81. The number of fused-ring (bicyclic) bond motifs is 1. The molecule has 17 heavy (non-hydrogen) atoms. The van der Waals surface area contributed by atoms with Crippen molar-refractivity contribution in [3.63, 3.8) is 0 Å². The highest BCUT2D eigenvalue weighted by Crippen LogP contribution is 2.39. The van der Waals surface area contributed by atoms with E-state index in [4.69, 9.17) is 0 Å². The lowest BCUT2D eigenvalue weighted by molar-refractivity contribution is 0.129. The Kier molecular flexibility index (Phi) is 2.49. The number of imidazole rings is 1. The number of H-pyrrole nitrogens is 1. The summed E-state index contributed by atoms with van der Waals surface area (Å²) in [6.07, 6.45) is 4.05. The smallest absolute Gasteiger partial charge is 0.260 e. The average molecular weight is 257 g/mol. The fourth-order valence-electron chi connectivity index (χ4n) is 2.92. The molecule has 94 valence electrons. The Hall–Kier alpha value is -0.920. The molecule has 3 unspecified atom stereocenters. The molecule has 3 atom stereocenters. The van der Waals surface area contributed by atoms with Gasteiger partial charge in [0, 0.05) is 19.0 Å². The van der Waals surface area contributed by atoms with Gasteiger partial charge in [0.25, 0.3) is 10.0 Å². The third kappa shape index (κ3) is 1.69. The number of nitrogens with one attached hydrogen (secondary N) is 1. The summed E-state index contributed by atoms with van der Waals surface area (Å²) in [4.78, 5) is 6.36. The van der Waals surface area contributed by atoms with E-state index >= 15 is 0 Å². The number of sulfonamides is 1. The van der Waals surface area contributed by atoms with Crippen LogP contribution in [-0.2, 0) is 10.0 Å². The maximum absolute atomic E-state index is 12.2. The first-order chi connectivity index (χ1) is 8.09. The van der Waals surface area contributed by atoms with Crippen LogP contribution < -0.4 is 0 Å². The van der Waals surface area contributed by atoms with Gasteiger partial charge in [-0.15, -0.1) is 0 Å². The monoisotopic (exact) mass is 257 g/mol. The molecule has 3 rings (SSSR count). The second kappa shape index (κ2) is 3.79. The summed E-state index contributed by atoms with van der Waals surface area (Å²) in [7, 11) is -3.46. The van der Waals surface area contributed by atoms with Crippen molar-refractivity contribution < 1.29 is 13.5 Å². The number of aromatic amines is 1. The number of nitrogens with zero attached hydrogens (tertiary/aromatic N) is 2.